The van der Waals surface area contributed by atoms with Gasteiger partial charge in [-0.1, -0.05) is 43.3 Å². The second kappa shape index (κ2) is 9.05. The average Bonchev–Trinajstić information content (AvgIpc) is 2.73. The lowest BCUT2D eigenvalue weighted by atomic mass is 9.87. The van der Waals surface area contributed by atoms with Crippen LogP contribution in [0.1, 0.15) is 55.0 Å². The summed E-state index contributed by atoms with van der Waals surface area (Å²) in [5, 5.41) is 3.43. The number of fused-ring (bicyclic) bond motifs is 1. The highest BCUT2D eigenvalue weighted by molar-refractivity contribution is 5.78. The third kappa shape index (κ3) is 4.51. The van der Waals surface area contributed by atoms with Gasteiger partial charge in [0.1, 0.15) is 5.75 Å². The molecule has 2 aromatic rings. The molecule has 0 spiro atoms. The Morgan fingerprint density at radius 2 is 1.96 bits per heavy atom. The SMILES string of the molecule is CCC(NCC(=O)N(C)C1CCCc2ccccc21)c1ccc(OC)cc1. The number of ether oxygens (including phenoxy) is 1. The summed E-state index contributed by atoms with van der Waals surface area (Å²) in [5.41, 5.74) is 3.87. The van der Waals surface area contributed by atoms with Gasteiger partial charge in [-0.3, -0.25) is 4.79 Å². The van der Waals surface area contributed by atoms with Crippen LogP contribution in [0.2, 0.25) is 0 Å². The average molecular weight is 367 g/mol. The van der Waals surface area contributed by atoms with Gasteiger partial charge in [-0.15, -0.1) is 0 Å². The van der Waals surface area contributed by atoms with E-state index in [0.717, 1.165) is 31.4 Å². The zero-order valence-corrected chi connectivity index (χ0v) is 16.6. The van der Waals surface area contributed by atoms with E-state index in [1.165, 1.54) is 16.7 Å². The molecule has 0 fully saturated rings. The Kier molecular flexibility index (Phi) is 6.51. The van der Waals surface area contributed by atoms with E-state index in [1.807, 2.05) is 24.1 Å². The second-order valence-electron chi connectivity index (χ2n) is 7.23. The highest BCUT2D eigenvalue weighted by Gasteiger charge is 2.26. The molecule has 1 aliphatic rings. The van der Waals surface area contributed by atoms with E-state index in [-0.39, 0.29) is 18.0 Å². The third-order valence-electron chi connectivity index (χ3n) is 5.62. The number of hydrogen-bond donors (Lipinski definition) is 1. The number of nitrogens with one attached hydrogen (secondary N) is 1. The predicted octanol–water partition coefficient (Wildman–Crippen LogP) is 4.27. The lowest BCUT2D eigenvalue weighted by molar-refractivity contribution is -0.131. The zero-order chi connectivity index (χ0) is 19.2. The molecule has 2 atom stereocenters. The lowest BCUT2D eigenvalue weighted by Crippen LogP contribution is -2.40. The van der Waals surface area contributed by atoms with Crippen molar-refractivity contribution in [3.8, 4) is 5.75 Å². The number of nitrogens with zero attached hydrogens (tertiary/aromatic N) is 1. The maximum atomic E-state index is 12.8. The van der Waals surface area contributed by atoms with Crippen LogP contribution in [0.15, 0.2) is 48.5 Å². The van der Waals surface area contributed by atoms with Crippen LogP contribution >= 0.6 is 0 Å². The van der Waals surface area contributed by atoms with Crippen molar-refractivity contribution in [2.45, 2.75) is 44.7 Å². The normalized spacial score (nSPS) is 17.1. The van der Waals surface area contributed by atoms with Gasteiger partial charge >= 0.3 is 0 Å². The Morgan fingerprint density at radius 1 is 1.22 bits per heavy atom. The number of aryl methyl sites for hydroxylation is 1. The predicted molar refractivity (Wildman–Crippen MR) is 109 cm³/mol. The van der Waals surface area contributed by atoms with Gasteiger partial charge in [0.2, 0.25) is 5.91 Å². The summed E-state index contributed by atoms with van der Waals surface area (Å²) in [4.78, 5) is 14.8. The van der Waals surface area contributed by atoms with E-state index in [9.17, 15) is 4.79 Å². The maximum Gasteiger partial charge on any atom is 0.236 e. The highest BCUT2D eigenvalue weighted by atomic mass is 16.5. The molecule has 1 amide bonds. The molecule has 0 saturated heterocycles. The largest absolute Gasteiger partial charge is 0.497 e. The molecule has 4 nitrogen and oxygen atoms in total. The maximum absolute atomic E-state index is 12.8. The van der Waals surface area contributed by atoms with Gasteiger partial charge in [0.15, 0.2) is 0 Å². The molecule has 27 heavy (non-hydrogen) atoms. The highest BCUT2D eigenvalue weighted by Crippen LogP contribution is 2.33. The zero-order valence-electron chi connectivity index (χ0n) is 16.6. The molecular formula is C23H30N2O2. The molecule has 2 unspecified atom stereocenters. The molecule has 0 heterocycles. The molecule has 3 rings (SSSR count). The van der Waals surface area contributed by atoms with E-state index < -0.39 is 0 Å². The lowest BCUT2D eigenvalue weighted by Gasteiger charge is -2.33. The van der Waals surface area contributed by atoms with Gasteiger partial charge in [-0.25, -0.2) is 0 Å². The van der Waals surface area contributed by atoms with Crippen molar-refractivity contribution < 1.29 is 9.53 Å². The quantitative estimate of drug-likeness (QED) is 0.795. The third-order valence-corrected chi connectivity index (χ3v) is 5.62. The van der Waals surface area contributed by atoms with Gasteiger partial charge in [-0.05, 0) is 54.5 Å². The van der Waals surface area contributed by atoms with Crippen LogP contribution in [-0.4, -0.2) is 31.5 Å². The van der Waals surface area contributed by atoms with Gasteiger partial charge in [0, 0.05) is 13.1 Å². The monoisotopic (exact) mass is 366 g/mol. The van der Waals surface area contributed by atoms with E-state index in [1.54, 1.807) is 7.11 Å². The topological polar surface area (TPSA) is 41.6 Å². The molecule has 144 valence electrons. The van der Waals surface area contributed by atoms with E-state index >= 15 is 0 Å². The standard InChI is InChI=1S/C23H30N2O2/c1-4-21(18-12-14-19(27-3)15-13-18)24-16-23(26)25(2)22-11-7-9-17-8-5-6-10-20(17)22/h5-6,8,10,12-15,21-22,24H,4,7,9,11,16H2,1-3H3. The summed E-state index contributed by atoms with van der Waals surface area (Å²) >= 11 is 0. The fourth-order valence-corrected chi connectivity index (χ4v) is 3.97. The smallest absolute Gasteiger partial charge is 0.236 e. The Balaban J connectivity index is 1.62. The molecule has 0 aromatic heterocycles. The van der Waals surface area contributed by atoms with Crippen LogP contribution in [0.25, 0.3) is 0 Å². The van der Waals surface area contributed by atoms with Crippen LogP contribution < -0.4 is 10.1 Å². The number of likely N-dealkylation sites (N-methyl/N-ethyl adjacent to an activating group) is 1. The number of carbonyl (C=O) groups is 1. The number of rotatable bonds is 7. The van der Waals surface area contributed by atoms with Crippen molar-refractivity contribution in [3.63, 3.8) is 0 Å². The minimum absolute atomic E-state index is 0.142. The van der Waals surface area contributed by atoms with E-state index in [4.69, 9.17) is 4.74 Å². The Bertz CT molecular complexity index is 757. The summed E-state index contributed by atoms with van der Waals surface area (Å²) in [6.45, 7) is 2.48. The molecule has 0 aliphatic heterocycles. The Labute approximate surface area is 162 Å². The van der Waals surface area contributed by atoms with Crippen molar-refractivity contribution in [3.05, 3.63) is 65.2 Å². The van der Waals surface area contributed by atoms with Crippen LogP contribution in [0.5, 0.6) is 5.75 Å². The summed E-state index contributed by atoms with van der Waals surface area (Å²) in [7, 11) is 3.60. The molecule has 2 aromatic carbocycles. The van der Waals surface area contributed by atoms with Crippen molar-refractivity contribution in [1.82, 2.24) is 10.2 Å². The van der Waals surface area contributed by atoms with Crippen molar-refractivity contribution >= 4 is 5.91 Å². The molecular weight excluding hydrogens is 336 g/mol. The summed E-state index contributed by atoms with van der Waals surface area (Å²) in [5.74, 6) is 0.990. The molecule has 0 bridgehead atoms. The first-order valence-electron chi connectivity index (χ1n) is 9.84. The summed E-state index contributed by atoms with van der Waals surface area (Å²) < 4.78 is 5.23. The van der Waals surface area contributed by atoms with Crippen molar-refractivity contribution in [2.24, 2.45) is 0 Å². The van der Waals surface area contributed by atoms with Crippen LogP contribution in [0, 0.1) is 0 Å². The summed E-state index contributed by atoms with van der Waals surface area (Å²) in [6, 6.07) is 16.9. The minimum atomic E-state index is 0.142. The number of hydrogen-bond acceptors (Lipinski definition) is 3. The molecule has 0 radical (unpaired) electrons. The van der Waals surface area contributed by atoms with Crippen LogP contribution in [0.4, 0.5) is 0 Å². The number of amides is 1. The number of carbonyl (C=O) groups excluding carboxylic acids is 1. The Morgan fingerprint density at radius 3 is 2.67 bits per heavy atom. The molecule has 0 saturated carbocycles. The first-order valence-corrected chi connectivity index (χ1v) is 9.84. The van der Waals surface area contributed by atoms with E-state index in [0.29, 0.717) is 6.54 Å². The van der Waals surface area contributed by atoms with Gasteiger partial charge in [0.05, 0.1) is 19.7 Å². The van der Waals surface area contributed by atoms with E-state index in [2.05, 4.69) is 48.6 Å². The second-order valence-corrected chi connectivity index (χ2v) is 7.23. The fraction of sp³-hybridized carbons (Fsp3) is 0.435. The first kappa shape index (κ1) is 19.4. The minimum Gasteiger partial charge on any atom is -0.497 e. The van der Waals surface area contributed by atoms with Gasteiger partial charge in [-0.2, -0.15) is 0 Å². The number of methoxy groups -OCH3 is 1. The molecule has 1 aliphatic carbocycles. The first-order chi connectivity index (χ1) is 13.1. The van der Waals surface area contributed by atoms with Crippen LogP contribution in [0.3, 0.4) is 0 Å². The number of benzene rings is 2. The van der Waals surface area contributed by atoms with Crippen molar-refractivity contribution in [2.75, 3.05) is 20.7 Å². The van der Waals surface area contributed by atoms with Crippen LogP contribution in [-0.2, 0) is 11.2 Å². The fourth-order valence-electron chi connectivity index (χ4n) is 3.97. The van der Waals surface area contributed by atoms with Gasteiger partial charge in [0.25, 0.3) is 0 Å². The van der Waals surface area contributed by atoms with Gasteiger partial charge < -0.3 is 15.0 Å². The van der Waals surface area contributed by atoms with Crippen molar-refractivity contribution in [1.29, 1.82) is 0 Å². The molecule has 4 heteroatoms. The molecule has 1 N–H and O–H groups in total. The summed E-state index contributed by atoms with van der Waals surface area (Å²) in [6.07, 6.45) is 4.21. The Hall–Kier alpha value is -2.33.